The first-order valence-electron chi connectivity index (χ1n) is 7.69. The molecular formula is C16H24N2O3S. The van der Waals surface area contributed by atoms with Gasteiger partial charge < -0.3 is 14.7 Å². The van der Waals surface area contributed by atoms with Gasteiger partial charge in [0.05, 0.1) is 5.37 Å². The number of carboxylic acids is 1. The summed E-state index contributed by atoms with van der Waals surface area (Å²) in [7, 11) is 0. The van der Waals surface area contributed by atoms with E-state index < -0.39 is 12.0 Å². The highest BCUT2D eigenvalue weighted by Crippen LogP contribution is 2.34. The van der Waals surface area contributed by atoms with Crippen molar-refractivity contribution in [1.82, 2.24) is 10.2 Å². The van der Waals surface area contributed by atoms with Gasteiger partial charge in [0.25, 0.3) is 0 Å². The first-order chi connectivity index (χ1) is 10.6. The Morgan fingerprint density at radius 1 is 1.45 bits per heavy atom. The Labute approximate surface area is 136 Å². The number of hydrogen-bond donors (Lipinski definition) is 2. The Hall–Kier alpha value is -1.24. The molecule has 122 valence electrons. The molecule has 1 fully saturated rings. The van der Waals surface area contributed by atoms with Crippen molar-refractivity contribution in [2.24, 2.45) is 0 Å². The molecule has 1 saturated heterocycles. The van der Waals surface area contributed by atoms with Crippen molar-refractivity contribution >= 4 is 17.7 Å². The summed E-state index contributed by atoms with van der Waals surface area (Å²) in [5.74, 6) is 0.639. The van der Waals surface area contributed by atoms with Crippen molar-refractivity contribution in [3.8, 4) is 5.75 Å². The maximum absolute atomic E-state index is 11.0. The normalized spacial score (nSPS) is 21.2. The molecule has 0 aromatic heterocycles. The predicted molar refractivity (Wildman–Crippen MR) is 89.5 cm³/mol. The summed E-state index contributed by atoms with van der Waals surface area (Å²) in [6.45, 7) is 7.92. The Morgan fingerprint density at radius 3 is 2.86 bits per heavy atom. The first-order valence-corrected chi connectivity index (χ1v) is 8.74. The summed E-state index contributed by atoms with van der Waals surface area (Å²) in [6.07, 6.45) is 0. The van der Waals surface area contributed by atoms with E-state index in [-0.39, 0.29) is 5.37 Å². The molecule has 0 amide bonds. The summed E-state index contributed by atoms with van der Waals surface area (Å²) in [5, 5.41) is 12.2. The standard InChI is InChI=1S/C16H24N2O3S/c1-3-18(4-2)8-9-21-13-7-5-6-12(10-13)15-17-14(11-22-15)16(19)20/h5-7,10,14-15,17H,3-4,8-9,11H2,1-2H3,(H,19,20). The highest BCUT2D eigenvalue weighted by Gasteiger charge is 2.30. The third kappa shape index (κ3) is 4.63. The number of likely N-dealkylation sites (N-methyl/N-ethyl adjacent to an activating group) is 1. The zero-order valence-electron chi connectivity index (χ0n) is 13.1. The smallest absolute Gasteiger partial charge is 0.321 e. The molecule has 0 aliphatic carbocycles. The fraction of sp³-hybridized carbons (Fsp3) is 0.562. The second kappa shape index (κ2) is 8.41. The van der Waals surface area contributed by atoms with Crippen LogP contribution in [0.25, 0.3) is 0 Å². The summed E-state index contributed by atoms with van der Waals surface area (Å²) in [6, 6.07) is 7.43. The molecule has 1 aliphatic heterocycles. The number of carboxylic acid groups (broad SMARTS) is 1. The van der Waals surface area contributed by atoms with Crippen LogP contribution in [0.4, 0.5) is 0 Å². The van der Waals surface area contributed by atoms with Crippen molar-refractivity contribution < 1.29 is 14.6 Å². The van der Waals surface area contributed by atoms with Crippen LogP contribution in [0.15, 0.2) is 24.3 Å². The molecule has 2 N–H and O–H groups in total. The molecule has 1 heterocycles. The van der Waals surface area contributed by atoms with Crippen LogP contribution < -0.4 is 10.1 Å². The Balaban J connectivity index is 1.89. The average molecular weight is 324 g/mol. The van der Waals surface area contributed by atoms with E-state index in [9.17, 15) is 4.79 Å². The van der Waals surface area contributed by atoms with Gasteiger partial charge in [-0.2, -0.15) is 0 Å². The third-order valence-electron chi connectivity index (χ3n) is 3.81. The molecular weight excluding hydrogens is 300 g/mol. The van der Waals surface area contributed by atoms with Gasteiger partial charge in [-0.25, -0.2) is 0 Å². The van der Waals surface area contributed by atoms with Crippen LogP contribution in [-0.4, -0.2) is 54.0 Å². The van der Waals surface area contributed by atoms with E-state index in [0.29, 0.717) is 12.4 Å². The van der Waals surface area contributed by atoms with Gasteiger partial charge in [-0.1, -0.05) is 26.0 Å². The average Bonchev–Trinajstić information content (AvgIpc) is 3.02. The lowest BCUT2D eigenvalue weighted by atomic mass is 10.2. The largest absolute Gasteiger partial charge is 0.492 e. The quantitative estimate of drug-likeness (QED) is 0.764. The molecule has 22 heavy (non-hydrogen) atoms. The van der Waals surface area contributed by atoms with Crippen molar-refractivity contribution in [1.29, 1.82) is 0 Å². The van der Waals surface area contributed by atoms with Gasteiger partial charge in [-0.15, -0.1) is 11.8 Å². The van der Waals surface area contributed by atoms with E-state index in [1.54, 1.807) is 11.8 Å². The van der Waals surface area contributed by atoms with E-state index in [1.807, 2.05) is 24.3 Å². The van der Waals surface area contributed by atoms with Crippen molar-refractivity contribution in [2.45, 2.75) is 25.3 Å². The van der Waals surface area contributed by atoms with Crippen molar-refractivity contribution in [3.63, 3.8) is 0 Å². The van der Waals surface area contributed by atoms with Crippen LogP contribution in [0.3, 0.4) is 0 Å². The fourth-order valence-corrected chi connectivity index (χ4v) is 3.63. The predicted octanol–water partition coefficient (Wildman–Crippen LogP) is 2.20. The number of rotatable bonds is 8. The minimum absolute atomic E-state index is 0.0208. The van der Waals surface area contributed by atoms with Crippen molar-refractivity contribution in [2.75, 3.05) is 32.0 Å². The van der Waals surface area contributed by atoms with Gasteiger partial charge in [-0.3, -0.25) is 10.1 Å². The lowest BCUT2D eigenvalue weighted by Crippen LogP contribution is -2.33. The maximum Gasteiger partial charge on any atom is 0.321 e. The Morgan fingerprint density at radius 2 is 2.23 bits per heavy atom. The van der Waals surface area contributed by atoms with Crippen LogP contribution in [0, 0.1) is 0 Å². The highest BCUT2D eigenvalue weighted by molar-refractivity contribution is 7.99. The Bertz CT molecular complexity index is 494. The number of thioether (sulfide) groups is 1. The third-order valence-corrected chi connectivity index (χ3v) is 5.08. The number of hydrogen-bond acceptors (Lipinski definition) is 5. The van der Waals surface area contributed by atoms with E-state index in [0.717, 1.165) is 30.9 Å². The van der Waals surface area contributed by atoms with E-state index in [2.05, 4.69) is 24.1 Å². The van der Waals surface area contributed by atoms with Gasteiger partial charge in [0.15, 0.2) is 0 Å². The molecule has 1 aliphatic rings. The number of aliphatic carboxylic acids is 1. The van der Waals surface area contributed by atoms with Gasteiger partial charge in [0.2, 0.25) is 0 Å². The van der Waals surface area contributed by atoms with Crippen LogP contribution in [0.5, 0.6) is 5.75 Å². The van der Waals surface area contributed by atoms with E-state index in [1.165, 1.54) is 0 Å². The Kier molecular flexibility index (Phi) is 6.54. The van der Waals surface area contributed by atoms with Gasteiger partial charge in [0.1, 0.15) is 18.4 Å². The second-order valence-corrected chi connectivity index (χ2v) is 6.36. The second-order valence-electron chi connectivity index (χ2n) is 5.22. The minimum Gasteiger partial charge on any atom is -0.492 e. The first kappa shape index (κ1) is 17.1. The van der Waals surface area contributed by atoms with Crippen molar-refractivity contribution in [3.05, 3.63) is 29.8 Å². The highest BCUT2D eigenvalue weighted by atomic mass is 32.2. The molecule has 2 atom stereocenters. The number of nitrogens with zero attached hydrogens (tertiary/aromatic N) is 1. The lowest BCUT2D eigenvalue weighted by molar-refractivity contribution is -0.138. The fourth-order valence-electron chi connectivity index (χ4n) is 2.41. The summed E-state index contributed by atoms with van der Waals surface area (Å²) < 4.78 is 5.82. The number of benzene rings is 1. The molecule has 0 spiro atoms. The maximum atomic E-state index is 11.0. The number of ether oxygens (including phenoxy) is 1. The molecule has 5 nitrogen and oxygen atoms in total. The molecule has 1 aromatic rings. The summed E-state index contributed by atoms with van der Waals surface area (Å²) in [5.41, 5.74) is 1.06. The molecule has 1 aromatic carbocycles. The van der Waals surface area contributed by atoms with Crippen LogP contribution in [0.1, 0.15) is 24.8 Å². The minimum atomic E-state index is -0.790. The molecule has 2 unspecified atom stereocenters. The number of carbonyl (C=O) groups is 1. The van der Waals surface area contributed by atoms with Gasteiger partial charge in [-0.05, 0) is 30.8 Å². The van der Waals surface area contributed by atoms with Crippen LogP contribution in [0.2, 0.25) is 0 Å². The van der Waals surface area contributed by atoms with E-state index >= 15 is 0 Å². The summed E-state index contributed by atoms with van der Waals surface area (Å²) >= 11 is 1.62. The van der Waals surface area contributed by atoms with Crippen LogP contribution in [-0.2, 0) is 4.79 Å². The molecule has 0 radical (unpaired) electrons. The topological polar surface area (TPSA) is 61.8 Å². The zero-order valence-corrected chi connectivity index (χ0v) is 13.9. The molecule has 0 bridgehead atoms. The lowest BCUT2D eigenvalue weighted by Gasteiger charge is -2.18. The van der Waals surface area contributed by atoms with Gasteiger partial charge >= 0.3 is 5.97 Å². The van der Waals surface area contributed by atoms with Crippen LogP contribution >= 0.6 is 11.8 Å². The summed E-state index contributed by atoms with van der Waals surface area (Å²) in [4.78, 5) is 13.3. The monoisotopic (exact) mass is 324 g/mol. The van der Waals surface area contributed by atoms with E-state index in [4.69, 9.17) is 9.84 Å². The van der Waals surface area contributed by atoms with Gasteiger partial charge in [0, 0.05) is 12.3 Å². The molecule has 0 saturated carbocycles. The SMILES string of the molecule is CCN(CC)CCOc1cccc(C2NC(C(=O)O)CS2)c1. The molecule has 6 heteroatoms. The zero-order chi connectivity index (χ0) is 15.9. The number of nitrogens with one attached hydrogen (secondary N) is 1. The molecule has 2 rings (SSSR count).